The molecule has 0 aliphatic carbocycles. The van der Waals surface area contributed by atoms with Crippen molar-refractivity contribution in [3.8, 4) is 0 Å². The zero-order valence-electron chi connectivity index (χ0n) is 25.9. The van der Waals surface area contributed by atoms with Gasteiger partial charge in [-0.25, -0.2) is 14.4 Å². The number of esters is 2. The van der Waals surface area contributed by atoms with Gasteiger partial charge in [-0.2, -0.15) is 0 Å². The number of hydrogen-bond acceptors (Lipinski definition) is 10. The van der Waals surface area contributed by atoms with Crippen LogP contribution in [0.2, 0.25) is 0 Å². The van der Waals surface area contributed by atoms with Crippen molar-refractivity contribution in [2.24, 2.45) is 0 Å². The molecule has 40 heavy (non-hydrogen) atoms. The van der Waals surface area contributed by atoms with Gasteiger partial charge in [-0.1, -0.05) is 42.4 Å². The van der Waals surface area contributed by atoms with E-state index in [4.69, 9.17) is 14.2 Å². The molecule has 0 aromatic carbocycles. The van der Waals surface area contributed by atoms with Gasteiger partial charge in [0.25, 0.3) is 0 Å². The van der Waals surface area contributed by atoms with Gasteiger partial charge in [-0.15, -0.1) is 0 Å². The van der Waals surface area contributed by atoms with E-state index < -0.39 is 58.9 Å². The Labute approximate surface area is 246 Å². The molecule has 0 bridgehead atoms. The number of carbonyl (C=O) groups excluding carboxylic acids is 5. The monoisotopic (exact) mass is 608 g/mol. The molecule has 0 spiro atoms. The zero-order valence-corrected chi connectivity index (χ0v) is 27.5. The summed E-state index contributed by atoms with van der Waals surface area (Å²) in [5, 5.41) is 9.96. The van der Waals surface area contributed by atoms with Gasteiger partial charge in [-0.05, 0) is 62.3 Å². The van der Waals surface area contributed by atoms with Crippen LogP contribution in [0.5, 0.6) is 0 Å². The molecule has 2 atom stereocenters. The molecular formula is C26H48N4O8S2. The second kappa shape index (κ2) is 15.6. The highest BCUT2D eigenvalue weighted by Gasteiger charge is 2.30. The summed E-state index contributed by atoms with van der Waals surface area (Å²) >= 11 is 0. The minimum absolute atomic E-state index is 0.0988. The van der Waals surface area contributed by atoms with Crippen LogP contribution < -0.4 is 21.3 Å². The maximum absolute atomic E-state index is 12.9. The summed E-state index contributed by atoms with van der Waals surface area (Å²) in [6.07, 6.45) is -0.861. The highest BCUT2D eigenvalue weighted by molar-refractivity contribution is 8.77. The van der Waals surface area contributed by atoms with Crippen molar-refractivity contribution in [3.63, 3.8) is 0 Å². The molecule has 0 heterocycles. The molecule has 232 valence electrons. The highest BCUT2D eigenvalue weighted by Crippen LogP contribution is 2.35. The normalized spacial score (nSPS) is 13.8. The molecule has 4 N–H and O–H groups in total. The maximum atomic E-state index is 12.9. The summed E-state index contributed by atoms with van der Waals surface area (Å²) in [4.78, 5) is 62.7. The van der Waals surface area contributed by atoms with Crippen molar-refractivity contribution in [2.45, 2.75) is 117 Å². The standard InChI is InChI=1S/C26H48N4O8S2/c1-23(2,3)36-18(31)14-27-19(32)17(15-39-40-26(10,11)12)29-21(34)28-13-16(20(33)37-24(4,5)6)30-22(35)38-25(7,8)9/h16-17H,13-15H2,1-12H3,(H,27,32)(H,30,35)(H2,28,29,34)/t16-,17-/m0/s1. The fourth-order valence-electron chi connectivity index (χ4n) is 2.54. The van der Waals surface area contributed by atoms with Crippen LogP contribution in [-0.2, 0) is 28.6 Å². The molecule has 0 fully saturated rings. The van der Waals surface area contributed by atoms with E-state index in [1.165, 1.54) is 21.6 Å². The van der Waals surface area contributed by atoms with Crippen LogP contribution in [0, 0.1) is 0 Å². The molecule has 0 radical (unpaired) electrons. The lowest BCUT2D eigenvalue weighted by molar-refractivity contribution is -0.157. The number of urea groups is 1. The van der Waals surface area contributed by atoms with Gasteiger partial charge in [0.15, 0.2) is 0 Å². The molecule has 0 aliphatic heterocycles. The minimum atomic E-state index is -1.26. The fourth-order valence-corrected chi connectivity index (χ4v) is 5.01. The Balaban J connectivity index is 5.42. The van der Waals surface area contributed by atoms with E-state index in [2.05, 4.69) is 21.3 Å². The van der Waals surface area contributed by atoms with Crippen molar-refractivity contribution < 1.29 is 38.2 Å². The average Bonchev–Trinajstić information content (AvgIpc) is 2.69. The Bertz CT molecular complexity index is 887. The molecule has 0 aromatic heterocycles. The Morgan fingerprint density at radius 2 is 1.20 bits per heavy atom. The second-order valence-electron chi connectivity index (χ2n) is 12.9. The first-order valence-electron chi connectivity index (χ1n) is 12.9. The van der Waals surface area contributed by atoms with Crippen LogP contribution in [0.1, 0.15) is 83.1 Å². The minimum Gasteiger partial charge on any atom is -0.459 e. The lowest BCUT2D eigenvalue weighted by Gasteiger charge is -2.26. The summed E-state index contributed by atoms with van der Waals surface area (Å²) in [6, 6.07) is -3.04. The molecular weight excluding hydrogens is 560 g/mol. The highest BCUT2D eigenvalue weighted by atomic mass is 33.1. The molecule has 0 saturated heterocycles. The zero-order chi connectivity index (χ0) is 31.5. The topological polar surface area (TPSA) is 161 Å². The first-order chi connectivity index (χ1) is 17.9. The third kappa shape index (κ3) is 20.5. The van der Waals surface area contributed by atoms with Crippen LogP contribution >= 0.6 is 21.6 Å². The molecule has 14 heteroatoms. The van der Waals surface area contributed by atoms with Gasteiger partial charge in [0.05, 0.1) is 6.54 Å². The van der Waals surface area contributed by atoms with Gasteiger partial charge >= 0.3 is 24.1 Å². The van der Waals surface area contributed by atoms with Gasteiger partial charge in [-0.3, -0.25) is 9.59 Å². The lowest BCUT2D eigenvalue weighted by Crippen LogP contribution is -2.56. The van der Waals surface area contributed by atoms with E-state index >= 15 is 0 Å². The van der Waals surface area contributed by atoms with Crippen molar-refractivity contribution >= 4 is 51.6 Å². The fraction of sp³-hybridized carbons (Fsp3) is 0.808. The Morgan fingerprint density at radius 1 is 0.675 bits per heavy atom. The summed E-state index contributed by atoms with van der Waals surface area (Å²) in [6.45, 7) is 20.5. The molecule has 12 nitrogen and oxygen atoms in total. The predicted octanol–water partition coefficient (Wildman–Crippen LogP) is 3.53. The molecule has 0 aromatic rings. The maximum Gasteiger partial charge on any atom is 0.408 e. The van der Waals surface area contributed by atoms with Crippen molar-refractivity contribution in [1.82, 2.24) is 21.3 Å². The van der Waals surface area contributed by atoms with Gasteiger partial charge in [0, 0.05) is 10.5 Å². The lowest BCUT2D eigenvalue weighted by atomic mass is 10.2. The van der Waals surface area contributed by atoms with Crippen LogP contribution in [-0.4, -0.2) is 82.4 Å². The Hall–Kier alpha value is -2.35. The van der Waals surface area contributed by atoms with Crippen molar-refractivity contribution in [1.29, 1.82) is 0 Å². The average molecular weight is 609 g/mol. The van der Waals surface area contributed by atoms with E-state index in [0.29, 0.717) is 0 Å². The number of rotatable bonds is 11. The van der Waals surface area contributed by atoms with Gasteiger partial charge in [0.2, 0.25) is 5.91 Å². The number of amides is 4. The van der Waals surface area contributed by atoms with E-state index in [9.17, 15) is 24.0 Å². The Kier molecular flexibility index (Phi) is 14.7. The molecule has 0 saturated carbocycles. The number of nitrogens with one attached hydrogen (secondary N) is 4. The molecule has 4 amide bonds. The first kappa shape index (κ1) is 37.6. The number of alkyl carbamates (subject to hydrolysis) is 1. The molecule has 0 unspecified atom stereocenters. The Morgan fingerprint density at radius 3 is 1.68 bits per heavy atom. The third-order valence-corrected chi connectivity index (χ3v) is 7.19. The van der Waals surface area contributed by atoms with Crippen molar-refractivity contribution in [3.05, 3.63) is 0 Å². The smallest absolute Gasteiger partial charge is 0.408 e. The summed E-state index contributed by atoms with van der Waals surface area (Å²) in [5.41, 5.74) is -2.36. The summed E-state index contributed by atoms with van der Waals surface area (Å²) in [7, 11) is 2.91. The van der Waals surface area contributed by atoms with Crippen LogP contribution in [0.3, 0.4) is 0 Å². The van der Waals surface area contributed by atoms with E-state index in [0.717, 1.165) is 0 Å². The first-order valence-corrected chi connectivity index (χ1v) is 15.3. The number of ether oxygens (including phenoxy) is 3. The van der Waals surface area contributed by atoms with Gasteiger partial charge in [0.1, 0.15) is 35.4 Å². The molecule has 0 rings (SSSR count). The largest absolute Gasteiger partial charge is 0.459 e. The van der Waals surface area contributed by atoms with Crippen LogP contribution in [0.15, 0.2) is 0 Å². The third-order valence-electron chi connectivity index (χ3n) is 3.84. The van der Waals surface area contributed by atoms with Crippen LogP contribution in [0.4, 0.5) is 9.59 Å². The van der Waals surface area contributed by atoms with E-state index in [1.54, 1.807) is 62.3 Å². The molecule has 0 aliphatic rings. The van der Waals surface area contributed by atoms with E-state index in [1.807, 2.05) is 20.8 Å². The number of hydrogen-bond donors (Lipinski definition) is 4. The van der Waals surface area contributed by atoms with E-state index in [-0.39, 0.29) is 23.6 Å². The summed E-state index contributed by atoms with van der Waals surface area (Å²) < 4.78 is 15.7. The predicted molar refractivity (Wildman–Crippen MR) is 158 cm³/mol. The van der Waals surface area contributed by atoms with Gasteiger partial charge < -0.3 is 35.5 Å². The SMILES string of the molecule is CC(C)(C)OC(=O)CNC(=O)[C@H](CSSC(C)(C)C)NC(=O)NC[C@H](NC(=O)OC(C)(C)C)C(=O)OC(C)(C)C. The van der Waals surface area contributed by atoms with Crippen molar-refractivity contribution in [2.75, 3.05) is 18.8 Å². The number of carbonyl (C=O) groups is 5. The second-order valence-corrected chi connectivity index (χ2v) is 16.1. The van der Waals surface area contributed by atoms with Crippen LogP contribution in [0.25, 0.3) is 0 Å². The summed E-state index contributed by atoms with van der Waals surface area (Å²) in [5.74, 6) is -1.78. The quantitative estimate of drug-likeness (QED) is 0.155.